The molecule has 0 N–H and O–H groups in total. The van der Waals surface area contributed by atoms with Crippen molar-refractivity contribution in [2.75, 3.05) is 6.61 Å². The lowest BCUT2D eigenvalue weighted by Crippen LogP contribution is -2.61. The molecule has 0 spiro atoms. The number of hydrogen-bond donors (Lipinski definition) is 0. The topological polar surface area (TPSA) is 64.6 Å². The number of ether oxygens (including phenoxy) is 7. The average Bonchev–Trinajstić information content (AvgIpc) is 3.26. The molecule has 6 aromatic rings. The van der Waals surface area contributed by atoms with E-state index in [1.807, 2.05) is 60.7 Å². The molecule has 1 fully saturated rings. The maximum absolute atomic E-state index is 7.01. The maximum Gasteiger partial charge on any atom is 0.187 e. The van der Waals surface area contributed by atoms with Crippen LogP contribution in [0.1, 0.15) is 61.2 Å². The first-order valence-electron chi connectivity index (χ1n) is 21.2. The second-order valence-electron chi connectivity index (χ2n) is 16.1. The van der Waals surface area contributed by atoms with Gasteiger partial charge in [0.2, 0.25) is 0 Å². The van der Waals surface area contributed by atoms with E-state index < -0.39 is 30.7 Å². The van der Waals surface area contributed by atoms with E-state index in [9.17, 15) is 0 Å². The zero-order valence-corrected chi connectivity index (χ0v) is 37.7. The van der Waals surface area contributed by atoms with Gasteiger partial charge in [-0.2, -0.15) is 0 Å². The molecule has 322 valence electrons. The fourth-order valence-corrected chi connectivity index (χ4v) is 8.14. The predicted octanol–water partition coefficient (Wildman–Crippen LogP) is 12.1. The van der Waals surface area contributed by atoms with Crippen molar-refractivity contribution in [1.29, 1.82) is 0 Å². The van der Waals surface area contributed by atoms with Crippen molar-refractivity contribution in [3.05, 3.63) is 218 Å². The van der Waals surface area contributed by atoms with Gasteiger partial charge in [0.25, 0.3) is 0 Å². The Hall–Kier alpha value is -4.90. The molecule has 8 heteroatoms. The zero-order valence-electron chi connectivity index (χ0n) is 36.1. The number of aryl methyl sites for hydroxylation is 4. The van der Waals surface area contributed by atoms with E-state index in [0.717, 1.165) is 60.1 Å². The van der Waals surface area contributed by atoms with E-state index in [-0.39, 0.29) is 13.2 Å². The minimum atomic E-state index is -0.865. The Morgan fingerprint density at radius 3 is 1.53 bits per heavy atom. The highest BCUT2D eigenvalue weighted by atomic mass is 79.9. The molecule has 0 amide bonds. The van der Waals surface area contributed by atoms with Crippen molar-refractivity contribution in [1.82, 2.24) is 0 Å². The molecule has 62 heavy (non-hydrogen) atoms. The Balaban J connectivity index is 1.20. The Labute approximate surface area is 375 Å². The summed E-state index contributed by atoms with van der Waals surface area (Å²) in [6.45, 7) is 14.9. The van der Waals surface area contributed by atoms with Crippen LogP contribution in [0.5, 0.6) is 0 Å². The summed E-state index contributed by atoms with van der Waals surface area (Å²) in [5.74, 6) is 0.545. The number of halogens is 1. The van der Waals surface area contributed by atoms with Crippen LogP contribution in [0.4, 0.5) is 0 Å². The summed E-state index contributed by atoms with van der Waals surface area (Å²) >= 11 is 3.63. The summed E-state index contributed by atoms with van der Waals surface area (Å²) in [6, 6.07) is 49.4. The van der Waals surface area contributed by atoms with Gasteiger partial charge < -0.3 is 33.2 Å². The van der Waals surface area contributed by atoms with Crippen LogP contribution in [-0.4, -0.2) is 37.3 Å². The van der Waals surface area contributed by atoms with Gasteiger partial charge in [-0.05, 0) is 61.6 Å². The van der Waals surface area contributed by atoms with E-state index in [4.69, 9.17) is 33.2 Å². The molecule has 1 saturated heterocycles. The Bertz CT molecular complexity index is 2380. The Morgan fingerprint density at radius 1 is 0.500 bits per heavy atom. The first-order chi connectivity index (χ1) is 30.2. The summed E-state index contributed by atoms with van der Waals surface area (Å²) in [7, 11) is 0. The van der Waals surface area contributed by atoms with Crippen LogP contribution in [0.3, 0.4) is 0 Å². The van der Waals surface area contributed by atoms with Crippen molar-refractivity contribution >= 4 is 21.7 Å². The van der Waals surface area contributed by atoms with Crippen LogP contribution >= 0.6 is 15.9 Å². The lowest BCUT2D eigenvalue weighted by atomic mass is 9.97. The van der Waals surface area contributed by atoms with Gasteiger partial charge in [-0.25, -0.2) is 0 Å². The third-order valence-electron chi connectivity index (χ3n) is 10.9. The van der Waals surface area contributed by atoms with Gasteiger partial charge in [0, 0.05) is 15.6 Å². The fraction of sp³-hybridized carbons (Fsp3) is 0.296. The maximum atomic E-state index is 7.01. The summed E-state index contributed by atoms with van der Waals surface area (Å²) in [5.41, 5.74) is 11.6. The van der Waals surface area contributed by atoms with E-state index in [2.05, 4.69) is 135 Å². The van der Waals surface area contributed by atoms with Crippen molar-refractivity contribution in [3.63, 3.8) is 0 Å². The monoisotopic (exact) mass is 896 g/mol. The van der Waals surface area contributed by atoms with Crippen molar-refractivity contribution in [2.45, 2.75) is 98.0 Å². The van der Waals surface area contributed by atoms with E-state index in [1.54, 1.807) is 0 Å². The van der Waals surface area contributed by atoms with Gasteiger partial charge in [0.05, 0.1) is 39.6 Å². The van der Waals surface area contributed by atoms with Gasteiger partial charge in [-0.3, -0.25) is 0 Å². The molecular weight excluding hydrogens is 840 g/mol. The molecule has 0 saturated carbocycles. The molecule has 1 aliphatic rings. The molecule has 6 aromatic carbocycles. The molecule has 0 aliphatic carbocycles. The highest BCUT2D eigenvalue weighted by molar-refractivity contribution is 9.10. The summed E-state index contributed by atoms with van der Waals surface area (Å²) in [4.78, 5) is 0. The van der Waals surface area contributed by atoms with Crippen LogP contribution in [0, 0.1) is 27.7 Å². The lowest BCUT2D eigenvalue weighted by Gasteiger charge is -2.46. The Kier molecular flexibility index (Phi) is 16.3. The summed E-state index contributed by atoms with van der Waals surface area (Å²) in [6.07, 6.45) is -3.34. The van der Waals surface area contributed by atoms with Gasteiger partial charge in [0.15, 0.2) is 6.29 Å². The normalized spacial score (nSPS) is 18.7. The van der Waals surface area contributed by atoms with Crippen molar-refractivity contribution in [3.8, 4) is 0 Å². The molecule has 0 radical (unpaired) electrons. The molecule has 7 nitrogen and oxygen atoms in total. The SMILES string of the molecule is C=C(OCc1ccccc1Br)c1ccccc1COC1O[C@H](COCc2cccc(C)c2)[C@@H](OCc2cccc(C)c2)[C@H](OCc2cccc(C)c2)[C@H]1OCc1cccc(C)c1. The van der Waals surface area contributed by atoms with Gasteiger partial charge in [-0.1, -0.05) is 184 Å². The number of hydrogen-bond acceptors (Lipinski definition) is 7. The van der Waals surface area contributed by atoms with Crippen LogP contribution in [0.25, 0.3) is 5.76 Å². The van der Waals surface area contributed by atoms with Gasteiger partial charge in [-0.15, -0.1) is 0 Å². The third-order valence-corrected chi connectivity index (χ3v) is 11.7. The van der Waals surface area contributed by atoms with Crippen LogP contribution < -0.4 is 0 Å². The minimum Gasteiger partial charge on any atom is -0.489 e. The standard InChI is InChI=1S/C54H57BrO7/c1-37-14-10-18-42(26-37)30-56-36-50-51(58-31-43-19-11-15-38(2)27-43)52(59-32-44-20-12-16-39(3)28-44)53(60-33-45-21-13-17-40(4)29-45)54(62-50)61-34-46-22-6-8-24-48(46)41(5)57-35-47-23-7-9-25-49(47)55/h6-29,50-54H,5,30-36H2,1-4H3/t50-,51-,52+,53-,54?/m1/s1. The van der Waals surface area contributed by atoms with E-state index >= 15 is 0 Å². The minimum absolute atomic E-state index is 0.193. The van der Waals surface area contributed by atoms with E-state index in [1.165, 1.54) is 5.56 Å². The Morgan fingerprint density at radius 2 is 0.984 bits per heavy atom. The van der Waals surface area contributed by atoms with Gasteiger partial charge in [0.1, 0.15) is 36.8 Å². The quantitative estimate of drug-likeness (QED) is 0.0707. The smallest absolute Gasteiger partial charge is 0.187 e. The molecule has 0 aromatic heterocycles. The zero-order chi connectivity index (χ0) is 43.3. The van der Waals surface area contributed by atoms with Crippen LogP contribution in [0.15, 0.2) is 157 Å². The summed E-state index contributed by atoms with van der Waals surface area (Å²) in [5, 5.41) is 0. The summed E-state index contributed by atoms with van der Waals surface area (Å²) < 4.78 is 48.4. The molecule has 7 rings (SSSR count). The van der Waals surface area contributed by atoms with Crippen molar-refractivity contribution < 1.29 is 33.2 Å². The second kappa shape index (κ2) is 22.5. The highest BCUT2D eigenvalue weighted by Gasteiger charge is 2.49. The number of rotatable bonds is 20. The lowest BCUT2D eigenvalue weighted by molar-refractivity contribution is -0.330. The molecular formula is C54H57BrO7. The predicted molar refractivity (Wildman–Crippen MR) is 248 cm³/mol. The third kappa shape index (κ3) is 12.8. The average molecular weight is 898 g/mol. The van der Waals surface area contributed by atoms with Gasteiger partial charge >= 0.3 is 0 Å². The first-order valence-corrected chi connectivity index (χ1v) is 22.0. The molecule has 0 bridgehead atoms. The van der Waals surface area contributed by atoms with Crippen LogP contribution in [0.2, 0.25) is 0 Å². The molecule has 1 heterocycles. The molecule has 1 aliphatic heterocycles. The molecule has 1 unspecified atom stereocenters. The second-order valence-corrected chi connectivity index (χ2v) is 17.0. The highest BCUT2D eigenvalue weighted by Crippen LogP contribution is 2.33. The van der Waals surface area contributed by atoms with Crippen LogP contribution in [-0.2, 0) is 72.8 Å². The largest absolute Gasteiger partial charge is 0.489 e. The first kappa shape index (κ1) is 45.1. The van der Waals surface area contributed by atoms with Crippen molar-refractivity contribution in [2.24, 2.45) is 0 Å². The fourth-order valence-electron chi connectivity index (χ4n) is 7.74. The number of benzene rings is 6. The van der Waals surface area contributed by atoms with E-state index in [0.29, 0.717) is 38.8 Å². The molecule has 5 atom stereocenters.